The van der Waals surface area contributed by atoms with E-state index >= 15 is 0 Å². The minimum atomic E-state index is -4.98. The van der Waals surface area contributed by atoms with Gasteiger partial charge in [0.15, 0.2) is 0 Å². The van der Waals surface area contributed by atoms with Crippen molar-refractivity contribution in [3.63, 3.8) is 0 Å². The lowest BCUT2D eigenvalue weighted by molar-refractivity contribution is -0.198. The highest BCUT2D eigenvalue weighted by Gasteiger charge is 2.68. The molecule has 7 nitrogen and oxygen atoms in total. The van der Waals surface area contributed by atoms with Gasteiger partial charge in [-0.2, -0.15) is 13.2 Å². The van der Waals surface area contributed by atoms with Crippen molar-refractivity contribution in [3.8, 4) is 5.75 Å². The van der Waals surface area contributed by atoms with E-state index in [1.54, 1.807) is 18.1 Å². The number of halogens is 3. The van der Waals surface area contributed by atoms with Crippen molar-refractivity contribution in [2.75, 3.05) is 44.9 Å². The highest BCUT2D eigenvalue weighted by molar-refractivity contribution is 6.08. The van der Waals surface area contributed by atoms with Crippen LogP contribution in [-0.2, 0) is 10.3 Å². The van der Waals surface area contributed by atoms with E-state index < -0.39 is 23.7 Å². The van der Waals surface area contributed by atoms with Gasteiger partial charge in [0.05, 0.1) is 13.8 Å². The molecule has 2 aliphatic rings. The third kappa shape index (κ3) is 3.75. The van der Waals surface area contributed by atoms with Gasteiger partial charge in [-0.05, 0) is 29.8 Å². The Morgan fingerprint density at radius 2 is 1.59 bits per heavy atom. The lowest BCUT2D eigenvalue weighted by Gasteiger charge is -2.37. The summed E-state index contributed by atoms with van der Waals surface area (Å²) < 4.78 is 47.4. The van der Waals surface area contributed by atoms with E-state index in [4.69, 9.17) is 4.74 Å². The zero-order chi connectivity index (χ0) is 22.9. The van der Waals surface area contributed by atoms with Gasteiger partial charge in [0, 0.05) is 31.9 Å². The fraction of sp³-hybridized carbons (Fsp3) is 0.364. The highest BCUT2D eigenvalue weighted by atomic mass is 19.4. The fourth-order valence-corrected chi connectivity index (χ4v) is 4.08. The van der Waals surface area contributed by atoms with Crippen molar-refractivity contribution >= 4 is 17.6 Å². The van der Waals surface area contributed by atoms with E-state index in [1.165, 1.54) is 24.3 Å². The Morgan fingerprint density at radius 1 is 0.969 bits per heavy atom. The first-order valence-electron chi connectivity index (χ1n) is 10.1. The molecule has 0 radical (unpaired) electrons. The Labute approximate surface area is 183 Å². The van der Waals surface area contributed by atoms with Crippen molar-refractivity contribution in [1.29, 1.82) is 0 Å². The number of hydrogen-bond donors (Lipinski definition) is 1. The van der Waals surface area contributed by atoms with Gasteiger partial charge in [0.25, 0.3) is 5.91 Å². The average Bonchev–Trinajstić information content (AvgIpc) is 3.06. The second-order valence-corrected chi connectivity index (χ2v) is 7.72. The third-order valence-electron chi connectivity index (χ3n) is 5.89. The molecule has 0 spiro atoms. The summed E-state index contributed by atoms with van der Waals surface area (Å²) in [6, 6.07) is 13.3. The molecule has 1 atom stereocenters. The number of rotatable bonds is 5. The van der Waals surface area contributed by atoms with Crippen LogP contribution in [0.25, 0.3) is 0 Å². The molecular formula is C22H23F3N4O3. The van der Waals surface area contributed by atoms with Crippen LogP contribution in [0.2, 0.25) is 0 Å². The molecule has 4 rings (SSSR count). The Balaban J connectivity index is 1.46. The molecule has 1 unspecified atom stereocenters. The van der Waals surface area contributed by atoms with E-state index in [2.05, 4.69) is 4.90 Å². The van der Waals surface area contributed by atoms with E-state index in [1.807, 2.05) is 29.6 Å². The van der Waals surface area contributed by atoms with Gasteiger partial charge in [-0.25, -0.2) is 9.69 Å². The molecule has 2 aliphatic heterocycles. The first-order chi connectivity index (χ1) is 15.3. The standard InChI is InChI=1S/C22H23F3N4O3/c1-32-18-9-7-17(8-10-18)28-13-11-27(12-14-28)15-29-19(30)21(22(23,24)25,26-20(29)31)16-5-3-2-4-6-16/h2-10H,11-15H2,1H3,(H,26,31). The Bertz CT molecular complexity index is 976. The maximum Gasteiger partial charge on any atom is 0.425 e. The predicted molar refractivity (Wildman–Crippen MR) is 111 cm³/mol. The zero-order valence-electron chi connectivity index (χ0n) is 17.4. The van der Waals surface area contributed by atoms with Gasteiger partial charge in [-0.1, -0.05) is 30.3 Å². The summed E-state index contributed by atoms with van der Waals surface area (Å²) in [6.07, 6.45) is -4.98. The van der Waals surface area contributed by atoms with Crippen molar-refractivity contribution in [2.24, 2.45) is 0 Å². The number of methoxy groups -OCH3 is 1. The summed E-state index contributed by atoms with van der Waals surface area (Å²) in [5.41, 5.74) is -2.38. The molecule has 32 heavy (non-hydrogen) atoms. The fourth-order valence-electron chi connectivity index (χ4n) is 4.08. The van der Waals surface area contributed by atoms with Gasteiger partial charge < -0.3 is 15.0 Å². The van der Waals surface area contributed by atoms with E-state index in [0.29, 0.717) is 31.1 Å². The van der Waals surface area contributed by atoms with E-state index in [-0.39, 0.29) is 12.2 Å². The molecule has 0 bridgehead atoms. The smallest absolute Gasteiger partial charge is 0.425 e. The quantitative estimate of drug-likeness (QED) is 0.713. The number of ether oxygens (including phenoxy) is 1. The lowest BCUT2D eigenvalue weighted by Crippen LogP contribution is -2.56. The Hall–Kier alpha value is -3.27. The number of benzene rings is 2. The van der Waals surface area contributed by atoms with Crippen LogP contribution in [0.15, 0.2) is 54.6 Å². The van der Waals surface area contributed by atoms with Crippen molar-refractivity contribution < 1.29 is 27.5 Å². The van der Waals surface area contributed by atoms with Crippen LogP contribution in [0, 0.1) is 0 Å². The van der Waals surface area contributed by atoms with Gasteiger partial charge in [-0.15, -0.1) is 0 Å². The van der Waals surface area contributed by atoms with Gasteiger partial charge in [0.1, 0.15) is 5.75 Å². The number of piperazine rings is 1. The van der Waals surface area contributed by atoms with Crippen LogP contribution in [-0.4, -0.2) is 67.9 Å². The number of imide groups is 1. The largest absolute Gasteiger partial charge is 0.497 e. The van der Waals surface area contributed by atoms with Crippen LogP contribution in [0.3, 0.4) is 0 Å². The number of carbonyl (C=O) groups excluding carboxylic acids is 2. The number of nitrogens with one attached hydrogen (secondary N) is 1. The summed E-state index contributed by atoms with van der Waals surface area (Å²) in [4.78, 5) is 30.1. The molecule has 0 aliphatic carbocycles. The maximum atomic E-state index is 14.1. The monoisotopic (exact) mass is 448 g/mol. The molecule has 10 heteroatoms. The molecule has 2 fully saturated rings. The summed E-state index contributed by atoms with van der Waals surface area (Å²) in [5, 5.41) is 1.92. The predicted octanol–water partition coefficient (Wildman–Crippen LogP) is 2.78. The van der Waals surface area contributed by atoms with Crippen LogP contribution in [0.4, 0.5) is 23.7 Å². The van der Waals surface area contributed by atoms with Gasteiger partial charge >= 0.3 is 12.2 Å². The van der Waals surface area contributed by atoms with Crippen LogP contribution in [0.5, 0.6) is 5.75 Å². The second kappa shape index (κ2) is 8.34. The third-order valence-corrected chi connectivity index (χ3v) is 5.89. The van der Waals surface area contributed by atoms with Gasteiger partial charge in [-0.3, -0.25) is 9.69 Å². The summed E-state index contributed by atoms with van der Waals surface area (Å²) in [5.74, 6) is -0.559. The molecule has 2 saturated heterocycles. The minimum Gasteiger partial charge on any atom is -0.497 e. The molecule has 3 amide bonds. The zero-order valence-corrected chi connectivity index (χ0v) is 17.4. The Morgan fingerprint density at radius 3 is 2.16 bits per heavy atom. The number of alkyl halides is 3. The first kappa shape index (κ1) is 21.9. The summed E-state index contributed by atoms with van der Waals surface area (Å²) in [7, 11) is 1.59. The topological polar surface area (TPSA) is 65.1 Å². The second-order valence-electron chi connectivity index (χ2n) is 7.72. The molecule has 2 heterocycles. The SMILES string of the molecule is COc1ccc(N2CCN(CN3C(=O)NC(c4ccccc4)(C(F)(F)F)C3=O)CC2)cc1. The molecular weight excluding hydrogens is 425 g/mol. The number of hydrogen-bond acceptors (Lipinski definition) is 5. The average molecular weight is 448 g/mol. The van der Waals surface area contributed by atoms with Crippen molar-refractivity contribution in [3.05, 3.63) is 60.2 Å². The van der Waals surface area contributed by atoms with Crippen LogP contribution in [0.1, 0.15) is 5.56 Å². The molecule has 0 aromatic heterocycles. The molecule has 2 aromatic rings. The highest BCUT2D eigenvalue weighted by Crippen LogP contribution is 2.43. The number of carbonyl (C=O) groups is 2. The number of nitrogens with zero attached hydrogens (tertiary/aromatic N) is 3. The van der Waals surface area contributed by atoms with E-state index in [0.717, 1.165) is 11.4 Å². The number of urea groups is 1. The molecule has 2 aromatic carbocycles. The number of anilines is 1. The van der Waals surface area contributed by atoms with Gasteiger partial charge in [0.2, 0.25) is 5.54 Å². The van der Waals surface area contributed by atoms with Crippen molar-refractivity contribution in [1.82, 2.24) is 15.1 Å². The maximum absolute atomic E-state index is 14.1. The molecule has 170 valence electrons. The van der Waals surface area contributed by atoms with Crippen LogP contribution < -0.4 is 15.0 Å². The molecule has 0 saturated carbocycles. The summed E-state index contributed by atoms with van der Waals surface area (Å²) >= 11 is 0. The van der Waals surface area contributed by atoms with Crippen LogP contribution >= 0.6 is 0 Å². The lowest BCUT2D eigenvalue weighted by atomic mass is 9.89. The van der Waals surface area contributed by atoms with E-state index in [9.17, 15) is 22.8 Å². The summed E-state index contributed by atoms with van der Waals surface area (Å²) in [6.45, 7) is 2.00. The number of amides is 3. The molecule has 1 N–H and O–H groups in total. The van der Waals surface area contributed by atoms with Crippen molar-refractivity contribution in [2.45, 2.75) is 11.7 Å². The Kier molecular flexibility index (Phi) is 5.72. The normalized spacial score (nSPS) is 22.2. The minimum absolute atomic E-state index is 0.203. The first-order valence-corrected chi connectivity index (χ1v) is 10.1.